The molecule has 4 rings (SSSR count). The molecule has 0 saturated heterocycles. The molecule has 0 fully saturated rings. The number of para-hydroxylation sites is 1. The van der Waals surface area contributed by atoms with Crippen LogP contribution in [0.3, 0.4) is 0 Å². The molecule has 2 aromatic carbocycles. The minimum Gasteiger partial charge on any atom is -0.496 e. The predicted molar refractivity (Wildman–Crippen MR) is 129 cm³/mol. The van der Waals surface area contributed by atoms with E-state index in [9.17, 15) is 4.79 Å². The number of nitrogens with two attached hydrogens (primary N) is 1. The number of carbonyl (C=O) groups excluding carboxylic acids is 1. The molecule has 0 radical (unpaired) electrons. The Morgan fingerprint density at radius 3 is 2.70 bits per heavy atom. The van der Waals surface area contributed by atoms with Gasteiger partial charge in [0.15, 0.2) is 0 Å². The summed E-state index contributed by atoms with van der Waals surface area (Å²) in [4.78, 5) is 20.9. The molecule has 33 heavy (non-hydrogen) atoms. The smallest absolute Gasteiger partial charge is 0.255 e. The van der Waals surface area contributed by atoms with E-state index in [1.165, 1.54) is 13.4 Å². The highest BCUT2D eigenvalue weighted by molar-refractivity contribution is 6.16. The van der Waals surface area contributed by atoms with E-state index in [1.54, 1.807) is 18.2 Å². The Bertz CT molecular complexity index is 1190. The maximum Gasteiger partial charge on any atom is 0.255 e. The topological polar surface area (TPSA) is 126 Å². The molecular formula is C25H26N6O2. The maximum atomic E-state index is 12.5. The predicted octanol–water partition coefficient (Wildman–Crippen LogP) is 3.54. The minimum atomic E-state index is -0.213. The molecule has 1 amide bonds. The normalized spacial score (nSPS) is 14.6. The van der Waals surface area contributed by atoms with Gasteiger partial charge in [0.25, 0.3) is 5.91 Å². The summed E-state index contributed by atoms with van der Waals surface area (Å²) in [6.07, 6.45) is 7.62. The van der Waals surface area contributed by atoms with Crippen LogP contribution in [0.2, 0.25) is 0 Å². The Balaban J connectivity index is 1.46. The molecule has 0 bridgehead atoms. The largest absolute Gasteiger partial charge is 0.496 e. The highest BCUT2D eigenvalue weighted by atomic mass is 16.5. The summed E-state index contributed by atoms with van der Waals surface area (Å²) >= 11 is 0. The average molecular weight is 443 g/mol. The van der Waals surface area contributed by atoms with Gasteiger partial charge >= 0.3 is 0 Å². The Kier molecular flexibility index (Phi) is 6.64. The maximum absolute atomic E-state index is 12.5. The number of anilines is 2. The standard InChI is InChI=1S/C25H26N6O2/c1-33-20-9-5-4-8-19(20)25(32)28-14-16-10-12-17(13-11-16)22(26)21-23(27)29-15-30-24(21)31-18-6-2-3-7-18/h2,4-6,8-13,15,18,26H,3,7,14H2,1H3,(H,28,32)(H3,27,29,30,31). The van der Waals surface area contributed by atoms with Gasteiger partial charge in [-0.25, -0.2) is 9.97 Å². The lowest BCUT2D eigenvalue weighted by Gasteiger charge is -2.17. The van der Waals surface area contributed by atoms with Crippen molar-refractivity contribution < 1.29 is 9.53 Å². The monoisotopic (exact) mass is 442 g/mol. The number of hydrogen-bond donors (Lipinski definition) is 4. The number of ether oxygens (including phenoxy) is 1. The van der Waals surface area contributed by atoms with Crippen LogP contribution in [0.1, 0.15) is 39.9 Å². The van der Waals surface area contributed by atoms with E-state index >= 15 is 0 Å². The lowest BCUT2D eigenvalue weighted by molar-refractivity contribution is 0.0948. The zero-order chi connectivity index (χ0) is 23.2. The average Bonchev–Trinajstić information content (AvgIpc) is 3.35. The summed E-state index contributed by atoms with van der Waals surface area (Å²) < 4.78 is 5.25. The van der Waals surface area contributed by atoms with Crippen LogP contribution in [0.25, 0.3) is 0 Å². The van der Waals surface area contributed by atoms with E-state index < -0.39 is 0 Å². The highest BCUT2D eigenvalue weighted by Gasteiger charge is 2.19. The van der Waals surface area contributed by atoms with Gasteiger partial charge in [-0.2, -0.15) is 0 Å². The van der Waals surface area contributed by atoms with E-state index in [0.29, 0.717) is 34.8 Å². The molecule has 0 spiro atoms. The van der Waals surface area contributed by atoms with E-state index in [-0.39, 0.29) is 23.5 Å². The van der Waals surface area contributed by atoms with Gasteiger partial charge in [0.1, 0.15) is 23.7 Å². The van der Waals surface area contributed by atoms with E-state index in [4.69, 9.17) is 15.9 Å². The number of allylic oxidation sites excluding steroid dienone is 1. The van der Waals surface area contributed by atoms with Crippen molar-refractivity contribution in [2.45, 2.75) is 25.4 Å². The van der Waals surface area contributed by atoms with Crippen molar-refractivity contribution in [3.05, 3.63) is 89.3 Å². The first-order chi connectivity index (χ1) is 16.1. The van der Waals surface area contributed by atoms with Crippen LogP contribution in [-0.2, 0) is 6.54 Å². The quantitative estimate of drug-likeness (QED) is 0.312. The Morgan fingerprint density at radius 2 is 1.97 bits per heavy atom. The number of nitrogen functional groups attached to an aromatic ring is 1. The summed E-state index contributed by atoms with van der Waals surface area (Å²) in [6.45, 7) is 0.349. The van der Waals surface area contributed by atoms with Crippen LogP contribution in [0.5, 0.6) is 5.75 Å². The molecule has 8 heteroatoms. The fourth-order valence-electron chi connectivity index (χ4n) is 3.73. The first kappa shape index (κ1) is 22.0. The molecule has 5 N–H and O–H groups in total. The molecule has 0 saturated carbocycles. The van der Waals surface area contributed by atoms with Crippen LogP contribution in [-0.4, -0.2) is 34.7 Å². The fourth-order valence-corrected chi connectivity index (χ4v) is 3.73. The lowest BCUT2D eigenvalue weighted by atomic mass is 10.0. The molecule has 1 atom stereocenters. The summed E-state index contributed by atoms with van der Waals surface area (Å²) in [5, 5.41) is 15.0. The molecule has 1 aromatic heterocycles. The van der Waals surface area contributed by atoms with Crippen LogP contribution >= 0.6 is 0 Å². The first-order valence-electron chi connectivity index (χ1n) is 10.7. The van der Waals surface area contributed by atoms with Crippen LogP contribution in [0.4, 0.5) is 11.6 Å². The summed E-state index contributed by atoms with van der Waals surface area (Å²) in [5.74, 6) is 1.12. The van der Waals surface area contributed by atoms with E-state index in [2.05, 4.69) is 32.8 Å². The van der Waals surface area contributed by atoms with Crippen LogP contribution in [0, 0.1) is 5.41 Å². The number of nitrogens with zero attached hydrogens (tertiary/aromatic N) is 2. The van der Waals surface area contributed by atoms with Gasteiger partial charge in [-0.3, -0.25) is 10.2 Å². The van der Waals surface area contributed by atoms with Crippen molar-refractivity contribution >= 4 is 23.3 Å². The summed E-state index contributed by atoms with van der Waals surface area (Å²) in [7, 11) is 1.54. The second-order valence-corrected chi connectivity index (χ2v) is 7.69. The van der Waals surface area contributed by atoms with Gasteiger partial charge in [-0.05, 0) is 30.5 Å². The molecule has 3 aromatic rings. The third-order valence-electron chi connectivity index (χ3n) is 5.51. The molecule has 1 aliphatic rings. The number of amides is 1. The third-order valence-corrected chi connectivity index (χ3v) is 5.51. The molecule has 168 valence electrons. The number of aromatic nitrogens is 2. The lowest BCUT2D eigenvalue weighted by Crippen LogP contribution is -2.23. The number of carbonyl (C=O) groups is 1. The van der Waals surface area contributed by atoms with Gasteiger partial charge < -0.3 is 21.1 Å². The third kappa shape index (κ3) is 5.01. The molecule has 8 nitrogen and oxygen atoms in total. The zero-order valence-electron chi connectivity index (χ0n) is 18.3. The molecule has 1 unspecified atom stereocenters. The highest BCUT2D eigenvalue weighted by Crippen LogP contribution is 2.24. The van der Waals surface area contributed by atoms with Crippen molar-refractivity contribution in [3.8, 4) is 5.75 Å². The number of methoxy groups -OCH3 is 1. The van der Waals surface area contributed by atoms with Gasteiger partial charge in [0.2, 0.25) is 0 Å². The van der Waals surface area contributed by atoms with Crippen LogP contribution < -0.4 is 21.1 Å². The Hall–Kier alpha value is -4.20. The number of hydrogen-bond acceptors (Lipinski definition) is 7. The summed E-state index contributed by atoms with van der Waals surface area (Å²) in [5.41, 5.74) is 8.90. The van der Waals surface area contributed by atoms with Crippen molar-refractivity contribution in [1.29, 1.82) is 5.41 Å². The van der Waals surface area contributed by atoms with Crippen LogP contribution in [0.15, 0.2) is 67.0 Å². The second kappa shape index (κ2) is 9.95. The fraction of sp³-hybridized carbons (Fsp3) is 0.200. The number of rotatable bonds is 8. The van der Waals surface area contributed by atoms with Gasteiger partial charge in [-0.15, -0.1) is 0 Å². The molecule has 0 aliphatic heterocycles. The Labute approximate surface area is 192 Å². The SMILES string of the molecule is COc1ccccc1C(=O)NCc1ccc(C(=N)c2c(N)ncnc2NC2C=CCC2)cc1. The van der Waals surface area contributed by atoms with Crippen molar-refractivity contribution in [2.75, 3.05) is 18.2 Å². The molecule has 1 aliphatic carbocycles. The van der Waals surface area contributed by atoms with Gasteiger partial charge in [-0.1, -0.05) is 48.6 Å². The number of benzene rings is 2. The molecular weight excluding hydrogens is 416 g/mol. The van der Waals surface area contributed by atoms with E-state index in [0.717, 1.165) is 18.4 Å². The summed E-state index contributed by atoms with van der Waals surface area (Å²) in [6, 6.07) is 14.7. The van der Waals surface area contributed by atoms with Crippen molar-refractivity contribution in [3.63, 3.8) is 0 Å². The second-order valence-electron chi connectivity index (χ2n) is 7.69. The zero-order valence-corrected chi connectivity index (χ0v) is 18.3. The number of nitrogens with one attached hydrogen (secondary N) is 3. The van der Waals surface area contributed by atoms with Crippen molar-refractivity contribution in [2.24, 2.45) is 0 Å². The Morgan fingerprint density at radius 1 is 1.18 bits per heavy atom. The minimum absolute atomic E-state index is 0.167. The first-order valence-corrected chi connectivity index (χ1v) is 10.7. The van der Waals surface area contributed by atoms with Gasteiger partial charge in [0.05, 0.1) is 23.9 Å². The van der Waals surface area contributed by atoms with Gasteiger partial charge in [0, 0.05) is 18.2 Å². The van der Waals surface area contributed by atoms with E-state index in [1.807, 2.05) is 30.3 Å². The van der Waals surface area contributed by atoms with Crippen molar-refractivity contribution in [1.82, 2.24) is 15.3 Å². The molecule has 1 heterocycles.